The maximum absolute atomic E-state index is 15.0. The second-order valence-corrected chi connectivity index (χ2v) is 8.19. The lowest BCUT2D eigenvalue weighted by molar-refractivity contribution is 0.251. The van der Waals surface area contributed by atoms with Crippen molar-refractivity contribution in [1.82, 2.24) is 15.3 Å². The first kappa shape index (κ1) is 18.1. The number of benzene rings is 2. The Bertz CT molecular complexity index is 1250. The number of thiophene rings is 1. The molecule has 0 spiro atoms. The molecule has 1 aliphatic heterocycles. The van der Waals surface area contributed by atoms with E-state index in [2.05, 4.69) is 15.3 Å². The predicted molar refractivity (Wildman–Crippen MR) is 109 cm³/mol. The van der Waals surface area contributed by atoms with E-state index in [0.717, 1.165) is 11.0 Å². The summed E-state index contributed by atoms with van der Waals surface area (Å²) in [5.74, 6) is -1.93. The van der Waals surface area contributed by atoms with E-state index in [1.807, 2.05) is 0 Å². The van der Waals surface area contributed by atoms with Crippen molar-refractivity contribution in [2.45, 2.75) is 6.04 Å². The van der Waals surface area contributed by atoms with Gasteiger partial charge in [-0.15, -0.1) is 11.3 Å². The van der Waals surface area contributed by atoms with Gasteiger partial charge in [0.1, 0.15) is 0 Å². The van der Waals surface area contributed by atoms with Crippen molar-refractivity contribution in [3.63, 3.8) is 0 Å². The number of nitrogens with zero attached hydrogens (tertiary/aromatic N) is 2. The fourth-order valence-corrected chi connectivity index (χ4v) is 4.50. The van der Waals surface area contributed by atoms with Gasteiger partial charge in [-0.25, -0.2) is 18.6 Å². The smallest absolute Gasteiger partial charge is 0.322 e. The summed E-state index contributed by atoms with van der Waals surface area (Å²) in [5.41, 5.74) is 2.83. The summed E-state index contributed by atoms with van der Waals surface area (Å²) in [6.07, 6.45) is 1.56. The number of nitrogens with one attached hydrogen (secondary N) is 2. The maximum Gasteiger partial charge on any atom is 0.322 e. The topological polar surface area (TPSA) is 61.0 Å². The summed E-state index contributed by atoms with van der Waals surface area (Å²) in [7, 11) is 0. The van der Waals surface area contributed by atoms with E-state index in [9.17, 15) is 9.18 Å². The number of fused-ring (bicyclic) bond motifs is 1. The summed E-state index contributed by atoms with van der Waals surface area (Å²) >= 11 is 7.16. The summed E-state index contributed by atoms with van der Waals surface area (Å²) in [5, 5.41) is 4.38. The monoisotopic (exact) mass is 430 g/mol. The van der Waals surface area contributed by atoms with Crippen LogP contribution in [0.1, 0.15) is 11.6 Å². The Hall–Kier alpha value is -2.97. The fraction of sp³-hybridized carbons (Fsp3) is 0.100. The molecule has 1 unspecified atom stereocenters. The average Bonchev–Trinajstić information content (AvgIpc) is 3.43. The molecule has 1 fully saturated rings. The zero-order chi connectivity index (χ0) is 20.1. The van der Waals surface area contributed by atoms with Crippen LogP contribution >= 0.6 is 22.9 Å². The number of aromatic nitrogens is 2. The quantitative estimate of drug-likeness (QED) is 0.451. The van der Waals surface area contributed by atoms with Crippen molar-refractivity contribution >= 4 is 45.7 Å². The van der Waals surface area contributed by atoms with E-state index in [4.69, 9.17) is 11.6 Å². The number of hydrogen-bond acceptors (Lipinski definition) is 3. The van der Waals surface area contributed by atoms with Gasteiger partial charge in [0.05, 0.1) is 27.7 Å². The van der Waals surface area contributed by atoms with Gasteiger partial charge in [-0.1, -0.05) is 23.7 Å². The standard InChI is InChI=1S/C20H13ClF2N4OS/c21-17-5-10(8-29-17)12-2-3-13(19(23)18(12)22)16-7-24-20(28)27(16)11-1-4-14-15(6-11)26-9-25-14/h1-6,8-9,16H,7H2,(H,24,28)(H,25,26). The van der Waals surface area contributed by atoms with E-state index in [-0.39, 0.29) is 23.7 Å². The lowest BCUT2D eigenvalue weighted by Crippen LogP contribution is -2.30. The summed E-state index contributed by atoms with van der Waals surface area (Å²) < 4.78 is 30.4. The molecule has 1 aliphatic rings. The molecular formula is C20H13ClF2N4OS. The number of amides is 2. The number of aromatic amines is 1. The molecule has 0 aliphatic carbocycles. The first-order valence-corrected chi connectivity index (χ1v) is 10.0. The number of H-pyrrole nitrogens is 1. The Kier molecular flexibility index (Phi) is 4.25. The molecular weight excluding hydrogens is 418 g/mol. The third kappa shape index (κ3) is 2.95. The Balaban J connectivity index is 1.57. The fourth-order valence-electron chi connectivity index (χ4n) is 3.62. The Morgan fingerprint density at radius 2 is 2.03 bits per heavy atom. The van der Waals surface area contributed by atoms with Crippen molar-refractivity contribution in [1.29, 1.82) is 0 Å². The van der Waals surface area contributed by atoms with Crippen molar-refractivity contribution in [3.8, 4) is 11.1 Å². The van der Waals surface area contributed by atoms with Crippen LogP contribution in [0.4, 0.5) is 19.3 Å². The zero-order valence-corrected chi connectivity index (χ0v) is 16.3. The number of rotatable bonds is 3. The minimum absolute atomic E-state index is 0.107. The number of hydrogen-bond donors (Lipinski definition) is 2. The molecule has 0 bridgehead atoms. The highest BCUT2D eigenvalue weighted by Gasteiger charge is 2.36. The van der Waals surface area contributed by atoms with Crippen molar-refractivity contribution in [2.75, 3.05) is 11.4 Å². The number of carbonyl (C=O) groups is 1. The Labute approximate surface area is 172 Å². The van der Waals surface area contributed by atoms with Crippen LogP contribution in [0.5, 0.6) is 0 Å². The van der Waals surface area contributed by atoms with Gasteiger partial charge in [0.25, 0.3) is 0 Å². The van der Waals surface area contributed by atoms with E-state index in [1.165, 1.54) is 28.4 Å². The predicted octanol–water partition coefficient (Wildman–Crippen LogP) is 5.49. The highest BCUT2D eigenvalue weighted by Crippen LogP contribution is 2.37. The van der Waals surface area contributed by atoms with Crippen molar-refractivity contribution in [2.24, 2.45) is 0 Å². The van der Waals surface area contributed by atoms with Gasteiger partial charge >= 0.3 is 6.03 Å². The molecule has 5 rings (SSSR count). The highest BCUT2D eigenvalue weighted by molar-refractivity contribution is 7.14. The zero-order valence-electron chi connectivity index (χ0n) is 14.7. The normalized spacial score (nSPS) is 16.6. The first-order chi connectivity index (χ1) is 14.0. The van der Waals surface area contributed by atoms with E-state index >= 15 is 4.39 Å². The largest absolute Gasteiger partial charge is 0.345 e. The van der Waals surface area contributed by atoms with Crippen LogP contribution in [-0.2, 0) is 0 Å². The molecule has 3 heterocycles. The average molecular weight is 431 g/mol. The summed E-state index contributed by atoms with van der Waals surface area (Å²) in [4.78, 5) is 21.1. The second kappa shape index (κ2) is 6.82. The lowest BCUT2D eigenvalue weighted by Gasteiger charge is -2.24. The first-order valence-electron chi connectivity index (χ1n) is 8.75. The van der Waals surface area contributed by atoms with Crippen LogP contribution in [0.2, 0.25) is 4.34 Å². The van der Waals surface area contributed by atoms with Crippen LogP contribution in [0.25, 0.3) is 22.2 Å². The number of anilines is 1. The second-order valence-electron chi connectivity index (χ2n) is 6.65. The number of imidazole rings is 1. The minimum Gasteiger partial charge on any atom is -0.345 e. The number of carbonyl (C=O) groups excluding carboxylic acids is 1. The van der Waals surface area contributed by atoms with Crippen LogP contribution in [-0.4, -0.2) is 22.5 Å². The summed E-state index contributed by atoms with van der Waals surface area (Å²) in [6, 6.07) is 8.84. The molecule has 2 aromatic heterocycles. The highest BCUT2D eigenvalue weighted by atomic mass is 35.5. The van der Waals surface area contributed by atoms with E-state index in [1.54, 1.807) is 36.0 Å². The van der Waals surface area contributed by atoms with Gasteiger partial charge in [-0.2, -0.15) is 0 Å². The third-order valence-electron chi connectivity index (χ3n) is 5.01. The van der Waals surface area contributed by atoms with Gasteiger partial charge in [0.15, 0.2) is 11.6 Å². The Morgan fingerprint density at radius 1 is 1.17 bits per heavy atom. The molecule has 29 heavy (non-hydrogen) atoms. The van der Waals surface area contributed by atoms with Gasteiger partial charge < -0.3 is 10.3 Å². The molecule has 0 radical (unpaired) electrons. The Morgan fingerprint density at radius 3 is 2.83 bits per heavy atom. The third-order valence-corrected chi connectivity index (χ3v) is 6.10. The minimum atomic E-state index is -0.973. The molecule has 2 amide bonds. The van der Waals surface area contributed by atoms with Gasteiger partial charge in [0.2, 0.25) is 0 Å². The van der Waals surface area contributed by atoms with Crippen LogP contribution < -0.4 is 10.2 Å². The van der Waals surface area contributed by atoms with Crippen LogP contribution in [0.15, 0.2) is 48.1 Å². The molecule has 0 saturated carbocycles. The SMILES string of the molecule is O=C1NCC(c2ccc(-c3csc(Cl)c3)c(F)c2F)N1c1ccc2nc[nH]c2c1. The molecule has 2 N–H and O–H groups in total. The number of halogens is 3. The maximum atomic E-state index is 15.0. The van der Waals surface area contributed by atoms with Crippen LogP contribution in [0.3, 0.4) is 0 Å². The van der Waals surface area contributed by atoms with Gasteiger partial charge in [0, 0.05) is 28.7 Å². The van der Waals surface area contributed by atoms with Crippen molar-refractivity contribution < 1.29 is 13.6 Å². The molecule has 1 saturated heterocycles. The lowest BCUT2D eigenvalue weighted by atomic mass is 10.00. The summed E-state index contributed by atoms with van der Waals surface area (Å²) in [6.45, 7) is 0.167. The van der Waals surface area contributed by atoms with E-state index < -0.39 is 17.7 Å². The van der Waals surface area contributed by atoms with Gasteiger partial charge in [-0.3, -0.25) is 4.90 Å². The molecule has 4 aromatic rings. The molecule has 5 nitrogen and oxygen atoms in total. The van der Waals surface area contributed by atoms with Crippen LogP contribution in [0, 0.1) is 11.6 Å². The van der Waals surface area contributed by atoms with E-state index in [0.29, 0.717) is 15.6 Å². The molecule has 146 valence electrons. The molecule has 2 aromatic carbocycles. The van der Waals surface area contributed by atoms with Gasteiger partial charge in [-0.05, 0) is 29.8 Å². The molecule has 1 atom stereocenters. The number of urea groups is 1. The molecule has 9 heteroatoms. The van der Waals surface area contributed by atoms with Crippen molar-refractivity contribution in [3.05, 3.63) is 69.6 Å².